The van der Waals surface area contributed by atoms with Gasteiger partial charge in [0.15, 0.2) is 0 Å². The van der Waals surface area contributed by atoms with Gasteiger partial charge in [0.05, 0.1) is 0 Å². The Morgan fingerprint density at radius 1 is 1.00 bits per heavy atom. The van der Waals surface area contributed by atoms with Crippen LogP contribution in [-0.2, 0) is 0 Å². The van der Waals surface area contributed by atoms with Crippen LogP contribution in [0.25, 0.3) is 0 Å². The van der Waals surface area contributed by atoms with Gasteiger partial charge < -0.3 is 0 Å². The van der Waals surface area contributed by atoms with Gasteiger partial charge in [-0.15, -0.1) is 0 Å². The SMILES string of the molecule is CC(C)C(C)C1CCCCCC1Br. The Bertz CT molecular complexity index is 142. The second kappa shape index (κ2) is 5.38. The lowest BCUT2D eigenvalue weighted by atomic mass is 9.80. The van der Waals surface area contributed by atoms with Crippen LogP contribution in [-0.4, -0.2) is 4.83 Å². The van der Waals surface area contributed by atoms with Crippen LogP contribution in [0.3, 0.4) is 0 Å². The third kappa shape index (κ3) is 3.27. The number of hydrogen-bond donors (Lipinski definition) is 0. The third-order valence-corrected chi connectivity index (χ3v) is 4.85. The minimum absolute atomic E-state index is 0.785. The molecule has 0 nitrogen and oxygen atoms in total. The summed E-state index contributed by atoms with van der Waals surface area (Å²) in [6.45, 7) is 7.14. The summed E-state index contributed by atoms with van der Waals surface area (Å²) in [4.78, 5) is 0.785. The fraction of sp³-hybridized carbons (Fsp3) is 1.00. The van der Waals surface area contributed by atoms with E-state index in [4.69, 9.17) is 0 Å². The first-order valence-electron chi connectivity index (χ1n) is 5.77. The topological polar surface area (TPSA) is 0 Å². The van der Waals surface area contributed by atoms with Gasteiger partial charge in [-0.05, 0) is 30.6 Å². The van der Waals surface area contributed by atoms with E-state index in [1.165, 1.54) is 32.1 Å². The van der Waals surface area contributed by atoms with Crippen LogP contribution < -0.4 is 0 Å². The Labute approximate surface area is 91.6 Å². The second-order valence-electron chi connectivity index (χ2n) is 4.92. The molecule has 1 heteroatoms. The molecule has 1 saturated carbocycles. The van der Waals surface area contributed by atoms with Crippen molar-refractivity contribution in [2.24, 2.45) is 17.8 Å². The number of halogens is 1. The van der Waals surface area contributed by atoms with Gasteiger partial charge >= 0.3 is 0 Å². The molecule has 0 aromatic carbocycles. The van der Waals surface area contributed by atoms with E-state index in [-0.39, 0.29) is 0 Å². The smallest absolute Gasteiger partial charge is 0.0176 e. The molecular formula is C12H23Br. The normalized spacial score (nSPS) is 33.0. The molecule has 1 rings (SSSR count). The van der Waals surface area contributed by atoms with Crippen LogP contribution in [0.1, 0.15) is 52.9 Å². The van der Waals surface area contributed by atoms with E-state index < -0.39 is 0 Å². The van der Waals surface area contributed by atoms with Crippen LogP contribution in [0.2, 0.25) is 0 Å². The maximum atomic E-state index is 3.87. The van der Waals surface area contributed by atoms with Crippen molar-refractivity contribution in [3.05, 3.63) is 0 Å². The summed E-state index contributed by atoms with van der Waals surface area (Å²) in [7, 11) is 0. The van der Waals surface area contributed by atoms with Crippen molar-refractivity contribution in [2.75, 3.05) is 0 Å². The molecule has 0 saturated heterocycles. The van der Waals surface area contributed by atoms with E-state index in [0.29, 0.717) is 0 Å². The van der Waals surface area contributed by atoms with Crippen LogP contribution in [0.15, 0.2) is 0 Å². The predicted octanol–water partition coefficient (Wildman–Crippen LogP) is 4.62. The maximum Gasteiger partial charge on any atom is 0.0176 e. The Morgan fingerprint density at radius 2 is 1.62 bits per heavy atom. The van der Waals surface area contributed by atoms with Crippen LogP contribution in [0.5, 0.6) is 0 Å². The monoisotopic (exact) mass is 246 g/mol. The van der Waals surface area contributed by atoms with Crippen molar-refractivity contribution in [3.63, 3.8) is 0 Å². The Hall–Kier alpha value is 0.480. The summed E-state index contributed by atoms with van der Waals surface area (Å²) in [5.41, 5.74) is 0. The molecule has 0 aromatic rings. The lowest BCUT2D eigenvalue weighted by molar-refractivity contribution is 0.260. The lowest BCUT2D eigenvalue weighted by Crippen LogP contribution is -2.24. The van der Waals surface area contributed by atoms with Crippen molar-refractivity contribution in [1.82, 2.24) is 0 Å². The summed E-state index contributed by atoms with van der Waals surface area (Å²) >= 11 is 3.87. The zero-order chi connectivity index (χ0) is 9.84. The number of hydrogen-bond acceptors (Lipinski definition) is 0. The molecular weight excluding hydrogens is 224 g/mol. The minimum Gasteiger partial charge on any atom is -0.0888 e. The molecule has 1 fully saturated rings. The van der Waals surface area contributed by atoms with Gasteiger partial charge in [-0.3, -0.25) is 0 Å². The van der Waals surface area contributed by atoms with E-state index >= 15 is 0 Å². The molecule has 0 N–H and O–H groups in total. The molecule has 1 aliphatic carbocycles. The molecule has 0 aliphatic heterocycles. The average Bonchev–Trinajstić information content (AvgIpc) is 2.28. The highest BCUT2D eigenvalue weighted by molar-refractivity contribution is 9.09. The quantitative estimate of drug-likeness (QED) is 0.493. The van der Waals surface area contributed by atoms with Gasteiger partial charge in [0.2, 0.25) is 0 Å². The number of rotatable bonds is 2. The van der Waals surface area contributed by atoms with Crippen LogP contribution >= 0.6 is 15.9 Å². The Morgan fingerprint density at radius 3 is 2.23 bits per heavy atom. The zero-order valence-corrected chi connectivity index (χ0v) is 10.8. The molecule has 78 valence electrons. The first kappa shape index (κ1) is 11.6. The van der Waals surface area contributed by atoms with Crippen LogP contribution in [0.4, 0.5) is 0 Å². The molecule has 3 unspecified atom stereocenters. The van der Waals surface area contributed by atoms with Crippen molar-refractivity contribution < 1.29 is 0 Å². The zero-order valence-electron chi connectivity index (χ0n) is 9.22. The van der Waals surface area contributed by atoms with E-state index in [1.807, 2.05) is 0 Å². The van der Waals surface area contributed by atoms with Gasteiger partial charge in [0, 0.05) is 4.83 Å². The van der Waals surface area contributed by atoms with Crippen molar-refractivity contribution >= 4 is 15.9 Å². The molecule has 1 aliphatic rings. The van der Waals surface area contributed by atoms with Gasteiger partial charge in [0.25, 0.3) is 0 Å². The molecule has 0 aromatic heterocycles. The lowest BCUT2D eigenvalue weighted by Gasteiger charge is -2.29. The fourth-order valence-corrected chi connectivity index (χ4v) is 3.45. The van der Waals surface area contributed by atoms with Gasteiger partial charge in [-0.25, -0.2) is 0 Å². The van der Waals surface area contributed by atoms with E-state index in [0.717, 1.165) is 22.6 Å². The van der Waals surface area contributed by atoms with Crippen molar-refractivity contribution in [3.8, 4) is 0 Å². The highest BCUT2D eigenvalue weighted by atomic mass is 79.9. The predicted molar refractivity (Wildman–Crippen MR) is 63.3 cm³/mol. The Kier molecular flexibility index (Phi) is 4.78. The molecule has 0 radical (unpaired) electrons. The molecule has 0 amide bonds. The summed E-state index contributed by atoms with van der Waals surface area (Å²) in [6, 6.07) is 0. The second-order valence-corrected chi connectivity index (χ2v) is 6.10. The molecule has 0 spiro atoms. The van der Waals surface area contributed by atoms with E-state index in [1.54, 1.807) is 0 Å². The van der Waals surface area contributed by atoms with Gasteiger partial charge in [0.1, 0.15) is 0 Å². The summed E-state index contributed by atoms with van der Waals surface area (Å²) in [5, 5.41) is 0. The largest absolute Gasteiger partial charge is 0.0888 e. The minimum atomic E-state index is 0.785. The fourth-order valence-electron chi connectivity index (χ4n) is 2.38. The van der Waals surface area contributed by atoms with E-state index in [2.05, 4.69) is 36.7 Å². The standard InChI is InChI=1S/C12H23Br/c1-9(2)10(3)11-7-5-4-6-8-12(11)13/h9-12H,4-8H2,1-3H3. The van der Waals surface area contributed by atoms with Gasteiger partial charge in [-0.1, -0.05) is 56.0 Å². The first-order chi connectivity index (χ1) is 6.13. The average molecular weight is 247 g/mol. The molecule has 3 atom stereocenters. The summed E-state index contributed by atoms with van der Waals surface area (Å²) < 4.78 is 0. The van der Waals surface area contributed by atoms with Gasteiger partial charge in [-0.2, -0.15) is 0 Å². The van der Waals surface area contributed by atoms with E-state index in [9.17, 15) is 0 Å². The molecule has 13 heavy (non-hydrogen) atoms. The molecule has 0 heterocycles. The number of alkyl halides is 1. The van der Waals surface area contributed by atoms with Crippen molar-refractivity contribution in [2.45, 2.75) is 57.7 Å². The summed E-state index contributed by atoms with van der Waals surface area (Å²) in [5.74, 6) is 2.63. The highest BCUT2D eigenvalue weighted by Gasteiger charge is 2.27. The highest BCUT2D eigenvalue weighted by Crippen LogP contribution is 2.36. The first-order valence-corrected chi connectivity index (χ1v) is 6.68. The van der Waals surface area contributed by atoms with Crippen molar-refractivity contribution in [1.29, 1.82) is 0 Å². The maximum absolute atomic E-state index is 3.87. The summed E-state index contributed by atoms with van der Waals surface area (Å²) in [6.07, 6.45) is 7.15. The third-order valence-electron chi connectivity index (χ3n) is 3.71. The molecule has 0 bridgehead atoms. The Balaban J connectivity index is 2.53. The van der Waals surface area contributed by atoms with Crippen LogP contribution in [0, 0.1) is 17.8 Å².